The van der Waals surface area contributed by atoms with E-state index < -0.39 is 0 Å². The third kappa shape index (κ3) is 1.77. The fraction of sp³-hybridized carbons (Fsp3) is 0.833. The van der Waals surface area contributed by atoms with Gasteiger partial charge in [0, 0.05) is 6.54 Å². The molecule has 1 saturated heterocycles. The van der Waals surface area contributed by atoms with Gasteiger partial charge in [-0.3, -0.25) is 4.90 Å². The van der Waals surface area contributed by atoms with Crippen LogP contribution in [0.3, 0.4) is 0 Å². The van der Waals surface area contributed by atoms with Gasteiger partial charge < -0.3 is 10.3 Å². The van der Waals surface area contributed by atoms with Crippen molar-refractivity contribution in [2.75, 3.05) is 13.1 Å². The fourth-order valence-corrected chi connectivity index (χ4v) is 3.17. The zero-order chi connectivity index (χ0) is 11.8. The number of hydrogen-bond acceptors (Lipinski definition) is 4. The Balaban J connectivity index is 1.93. The molecule has 2 unspecified atom stereocenters. The van der Waals surface area contributed by atoms with Crippen LogP contribution in [0.15, 0.2) is 0 Å². The van der Waals surface area contributed by atoms with Crippen molar-refractivity contribution in [3.05, 3.63) is 11.6 Å². The van der Waals surface area contributed by atoms with Crippen molar-refractivity contribution in [2.45, 2.75) is 51.2 Å². The van der Waals surface area contributed by atoms with Crippen LogP contribution in [0, 0.1) is 0 Å². The second-order valence-electron chi connectivity index (χ2n) is 5.10. The van der Waals surface area contributed by atoms with Gasteiger partial charge in [0.25, 0.3) is 0 Å². The van der Waals surface area contributed by atoms with Gasteiger partial charge in [0.05, 0.1) is 12.1 Å². The maximum absolute atomic E-state index is 6.09. The smallest absolute Gasteiger partial charge is 0.150 e. The zero-order valence-electron chi connectivity index (χ0n) is 10.5. The van der Waals surface area contributed by atoms with Gasteiger partial charge in [-0.1, -0.05) is 6.92 Å². The Bertz CT molecular complexity index is 400. The van der Waals surface area contributed by atoms with E-state index >= 15 is 0 Å². The molecule has 17 heavy (non-hydrogen) atoms. The molecule has 1 aromatic heterocycles. The molecule has 2 N–H and O–H groups in total. The maximum atomic E-state index is 6.09. The lowest BCUT2D eigenvalue weighted by Gasteiger charge is -2.25. The summed E-state index contributed by atoms with van der Waals surface area (Å²) in [4.78, 5) is 2.50. The van der Waals surface area contributed by atoms with E-state index in [-0.39, 0.29) is 6.04 Å². The molecule has 3 heterocycles. The van der Waals surface area contributed by atoms with Crippen molar-refractivity contribution in [3.8, 4) is 0 Å². The molecular formula is C12H21N5. The quantitative estimate of drug-likeness (QED) is 0.837. The van der Waals surface area contributed by atoms with Crippen molar-refractivity contribution in [3.63, 3.8) is 0 Å². The van der Waals surface area contributed by atoms with Crippen molar-refractivity contribution >= 4 is 0 Å². The zero-order valence-corrected chi connectivity index (χ0v) is 10.5. The highest BCUT2D eigenvalue weighted by Crippen LogP contribution is 2.33. The standard InChI is InChI=1S/C12H21N5/c1-2-16-7-4-6-10(16)12-15-14-11-9(13)5-3-8-17(11)12/h9-10H,2-8,13H2,1H3. The van der Waals surface area contributed by atoms with Crippen LogP contribution in [0.1, 0.15) is 56.3 Å². The molecule has 0 amide bonds. The van der Waals surface area contributed by atoms with Crippen LogP contribution in [-0.2, 0) is 6.54 Å². The summed E-state index contributed by atoms with van der Waals surface area (Å²) in [5.41, 5.74) is 6.09. The van der Waals surface area contributed by atoms with Crippen molar-refractivity contribution in [1.29, 1.82) is 0 Å². The highest BCUT2D eigenvalue weighted by atomic mass is 15.3. The van der Waals surface area contributed by atoms with Gasteiger partial charge in [-0.05, 0) is 38.8 Å². The predicted octanol–water partition coefficient (Wildman–Crippen LogP) is 1.23. The summed E-state index contributed by atoms with van der Waals surface area (Å²) in [6, 6.07) is 0.549. The largest absolute Gasteiger partial charge is 0.321 e. The van der Waals surface area contributed by atoms with E-state index in [9.17, 15) is 0 Å². The minimum atomic E-state index is 0.0847. The first-order chi connectivity index (χ1) is 8.31. The third-order valence-corrected chi connectivity index (χ3v) is 4.10. The minimum absolute atomic E-state index is 0.0847. The van der Waals surface area contributed by atoms with Gasteiger partial charge in [0.15, 0.2) is 0 Å². The minimum Gasteiger partial charge on any atom is -0.321 e. The van der Waals surface area contributed by atoms with Crippen molar-refractivity contribution in [1.82, 2.24) is 19.7 Å². The number of nitrogens with zero attached hydrogens (tertiary/aromatic N) is 4. The molecule has 1 aromatic rings. The second kappa shape index (κ2) is 4.38. The Kier molecular flexibility index (Phi) is 2.88. The first-order valence-electron chi connectivity index (χ1n) is 6.74. The van der Waals surface area contributed by atoms with E-state index in [0.717, 1.165) is 37.6 Å². The van der Waals surface area contributed by atoms with Gasteiger partial charge in [0.2, 0.25) is 0 Å². The van der Waals surface area contributed by atoms with E-state index in [2.05, 4.69) is 26.6 Å². The summed E-state index contributed by atoms with van der Waals surface area (Å²) in [6.45, 7) is 5.55. The Labute approximate surface area is 102 Å². The van der Waals surface area contributed by atoms with Crippen LogP contribution in [0.5, 0.6) is 0 Å². The molecule has 2 aliphatic heterocycles. The molecule has 1 fully saturated rings. The van der Waals surface area contributed by atoms with Gasteiger partial charge in [-0.15, -0.1) is 10.2 Å². The van der Waals surface area contributed by atoms with Gasteiger partial charge in [0.1, 0.15) is 11.6 Å². The van der Waals surface area contributed by atoms with Crippen LogP contribution in [0.2, 0.25) is 0 Å². The molecule has 0 spiro atoms. The molecule has 5 nitrogen and oxygen atoms in total. The molecule has 5 heteroatoms. The Morgan fingerprint density at radius 2 is 1.94 bits per heavy atom. The topological polar surface area (TPSA) is 60.0 Å². The molecule has 94 valence electrons. The number of likely N-dealkylation sites (tertiary alicyclic amines) is 1. The number of fused-ring (bicyclic) bond motifs is 1. The third-order valence-electron chi connectivity index (χ3n) is 4.10. The van der Waals surface area contributed by atoms with Crippen molar-refractivity contribution < 1.29 is 0 Å². The van der Waals surface area contributed by atoms with Crippen molar-refractivity contribution in [2.24, 2.45) is 5.73 Å². The summed E-state index contributed by atoms with van der Waals surface area (Å²) in [5.74, 6) is 2.14. The van der Waals surface area contributed by atoms with Crippen LogP contribution >= 0.6 is 0 Å². The molecule has 0 aliphatic carbocycles. The second-order valence-corrected chi connectivity index (χ2v) is 5.10. The predicted molar refractivity (Wildman–Crippen MR) is 65.4 cm³/mol. The summed E-state index contributed by atoms with van der Waals surface area (Å²) < 4.78 is 2.27. The van der Waals surface area contributed by atoms with Gasteiger partial charge in [-0.2, -0.15) is 0 Å². The number of aromatic nitrogens is 3. The number of hydrogen-bond donors (Lipinski definition) is 1. The highest BCUT2D eigenvalue weighted by Gasteiger charge is 2.32. The first kappa shape index (κ1) is 11.2. The molecule has 0 aromatic carbocycles. The van der Waals surface area contributed by atoms with Crippen LogP contribution < -0.4 is 5.73 Å². The molecule has 0 saturated carbocycles. The Morgan fingerprint density at radius 1 is 1.18 bits per heavy atom. The molecule has 3 rings (SSSR count). The summed E-state index contributed by atoms with van der Waals surface area (Å²) in [5, 5.41) is 8.73. The molecule has 0 bridgehead atoms. The van der Waals surface area contributed by atoms with E-state index in [1.54, 1.807) is 0 Å². The average molecular weight is 235 g/mol. The molecular weight excluding hydrogens is 214 g/mol. The highest BCUT2D eigenvalue weighted by molar-refractivity contribution is 5.08. The monoisotopic (exact) mass is 235 g/mol. The van der Waals surface area contributed by atoms with E-state index in [1.807, 2.05) is 0 Å². The lowest BCUT2D eigenvalue weighted by Crippen LogP contribution is -2.28. The lowest BCUT2D eigenvalue weighted by molar-refractivity contribution is 0.253. The Hall–Kier alpha value is -0.940. The van der Waals surface area contributed by atoms with E-state index in [1.165, 1.54) is 19.4 Å². The number of nitrogens with two attached hydrogens (primary N) is 1. The Morgan fingerprint density at radius 3 is 2.76 bits per heavy atom. The summed E-state index contributed by atoms with van der Waals surface area (Å²) in [6.07, 6.45) is 4.67. The van der Waals surface area contributed by atoms with Gasteiger partial charge in [-0.25, -0.2) is 0 Å². The van der Waals surface area contributed by atoms with E-state index in [0.29, 0.717) is 6.04 Å². The maximum Gasteiger partial charge on any atom is 0.150 e. The normalized spacial score (nSPS) is 29.5. The lowest BCUT2D eigenvalue weighted by atomic mass is 10.1. The van der Waals surface area contributed by atoms with Crippen LogP contribution in [0.25, 0.3) is 0 Å². The van der Waals surface area contributed by atoms with E-state index in [4.69, 9.17) is 5.73 Å². The van der Waals surface area contributed by atoms with Gasteiger partial charge >= 0.3 is 0 Å². The molecule has 0 radical (unpaired) electrons. The number of rotatable bonds is 2. The van der Waals surface area contributed by atoms with Crippen LogP contribution in [0.4, 0.5) is 0 Å². The summed E-state index contributed by atoms with van der Waals surface area (Å²) in [7, 11) is 0. The first-order valence-corrected chi connectivity index (χ1v) is 6.74. The molecule has 2 atom stereocenters. The fourth-order valence-electron chi connectivity index (χ4n) is 3.17. The van der Waals surface area contributed by atoms with Crippen LogP contribution in [-0.4, -0.2) is 32.8 Å². The average Bonchev–Trinajstić information content (AvgIpc) is 2.94. The SMILES string of the molecule is CCN1CCCC1c1nnc2n1CCCC2N. The summed E-state index contributed by atoms with van der Waals surface area (Å²) >= 11 is 0. The molecule has 2 aliphatic rings.